The van der Waals surface area contributed by atoms with Crippen LogP contribution in [0.5, 0.6) is 0 Å². The van der Waals surface area contributed by atoms with Crippen LogP contribution in [0.1, 0.15) is 39.4 Å². The zero-order valence-electron chi connectivity index (χ0n) is 10.6. The van der Waals surface area contributed by atoms with Gasteiger partial charge in [-0.05, 0) is 24.6 Å². The van der Waals surface area contributed by atoms with Crippen LogP contribution < -0.4 is 5.32 Å². The average molecular weight is 294 g/mol. The number of furan rings is 1. The van der Waals surface area contributed by atoms with E-state index in [1.807, 2.05) is 6.92 Å². The first-order valence-electron chi connectivity index (χ1n) is 5.85. The Morgan fingerprint density at radius 1 is 1.30 bits per heavy atom. The van der Waals surface area contributed by atoms with E-state index in [4.69, 9.17) is 21.1 Å². The molecule has 0 saturated carbocycles. The molecule has 1 unspecified atom stereocenters. The first kappa shape index (κ1) is 14.1. The molecule has 0 bridgehead atoms. The molecular weight excluding hydrogens is 282 g/mol. The molecule has 0 aliphatic heterocycles. The highest BCUT2D eigenvalue weighted by atomic mass is 35.5. The maximum Gasteiger partial charge on any atom is 0.338 e. The fraction of sp³-hybridized carbons (Fsp3) is 0.143. The molecule has 2 rings (SSSR count). The Morgan fingerprint density at radius 2 is 1.95 bits per heavy atom. The first-order valence-corrected chi connectivity index (χ1v) is 6.23. The number of hydrogen-bond donors (Lipinski definition) is 2. The van der Waals surface area contributed by atoms with Crippen molar-refractivity contribution in [2.24, 2.45) is 0 Å². The SMILES string of the molecule is CC(NC(=O)c1cc(C(=O)O)co1)c1ccc(Cl)cc1. The van der Waals surface area contributed by atoms with Crippen LogP contribution in [0.4, 0.5) is 0 Å². The van der Waals surface area contributed by atoms with Gasteiger partial charge >= 0.3 is 5.97 Å². The molecule has 0 fully saturated rings. The van der Waals surface area contributed by atoms with Gasteiger partial charge < -0.3 is 14.8 Å². The summed E-state index contributed by atoms with van der Waals surface area (Å²) in [4.78, 5) is 22.6. The molecule has 0 radical (unpaired) electrons. The fourth-order valence-corrected chi connectivity index (χ4v) is 1.80. The Balaban J connectivity index is 2.06. The second-order valence-electron chi connectivity index (χ2n) is 4.25. The van der Waals surface area contributed by atoms with Crippen LogP contribution in [0, 0.1) is 0 Å². The summed E-state index contributed by atoms with van der Waals surface area (Å²) in [5.74, 6) is -1.65. The third-order valence-electron chi connectivity index (χ3n) is 2.79. The Labute approximate surface area is 120 Å². The standard InChI is InChI=1S/C14H12ClNO4/c1-8(9-2-4-11(15)5-3-9)16-13(17)12-6-10(7-20-12)14(18)19/h2-8H,1H3,(H,16,17)(H,18,19). The minimum atomic E-state index is -1.14. The monoisotopic (exact) mass is 293 g/mol. The minimum absolute atomic E-state index is 0.0387. The molecule has 0 saturated heterocycles. The molecule has 0 aliphatic carbocycles. The van der Waals surface area contributed by atoms with Crippen LogP contribution in [0.2, 0.25) is 5.02 Å². The fourth-order valence-electron chi connectivity index (χ4n) is 1.67. The van der Waals surface area contributed by atoms with Crippen molar-refractivity contribution >= 4 is 23.5 Å². The lowest BCUT2D eigenvalue weighted by Crippen LogP contribution is -2.26. The quantitative estimate of drug-likeness (QED) is 0.907. The molecule has 20 heavy (non-hydrogen) atoms. The normalized spacial score (nSPS) is 11.9. The second-order valence-corrected chi connectivity index (χ2v) is 4.69. The lowest BCUT2D eigenvalue weighted by atomic mass is 10.1. The van der Waals surface area contributed by atoms with E-state index in [9.17, 15) is 9.59 Å². The molecule has 1 atom stereocenters. The number of rotatable bonds is 4. The predicted molar refractivity (Wildman–Crippen MR) is 73.0 cm³/mol. The molecule has 0 spiro atoms. The van der Waals surface area contributed by atoms with E-state index in [1.54, 1.807) is 24.3 Å². The Hall–Kier alpha value is -2.27. The number of halogens is 1. The lowest BCUT2D eigenvalue weighted by molar-refractivity contribution is 0.0695. The molecule has 2 aromatic rings. The summed E-state index contributed by atoms with van der Waals surface area (Å²) in [5.41, 5.74) is 0.821. The summed E-state index contributed by atoms with van der Waals surface area (Å²) >= 11 is 5.79. The van der Waals surface area contributed by atoms with E-state index < -0.39 is 11.9 Å². The van der Waals surface area contributed by atoms with Crippen molar-refractivity contribution in [1.82, 2.24) is 5.32 Å². The Kier molecular flexibility index (Phi) is 4.10. The zero-order valence-corrected chi connectivity index (χ0v) is 11.3. The largest absolute Gasteiger partial charge is 0.478 e. The highest BCUT2D eigenvalue weighted by molar-refractivity contribution is 6.30. The molecule has 1 heterocycles. The van der Waals surface area contributed by atoms with Crippen molar-refractivity contribution in [2.45, 2.75) is 13.0 Å². The van der Waals surface area contributed by atoms with Crippen molar-refractivity contribution in [3.05, 3.63) is 58.5 Å². The maximum atomic E-state index is 11.9. The van der Waals surface area contributed by atoms with Gasteiger partial charge in [0.2, 0.25) is 0 Å². The number of hydrogen-bond acceptors (Lipinski definition) is 3. The van der Waals surface area contributed by atoms with E-state index in [2.05, 4.69) is 5.32 Å². The number of benzene rings is 1. The number of carbonyl (C=O) groups is 2. The van der Waals surface area contributed by atoms with Crippen molar-refractivity contribution in [3.63, 3.8) is 0 Å². The third kappa shape index (κ3) is 3.19. The van der Waals surface area contributed by atoms with Gasteiger partial charge in [-0.3, -0.25) is 4.79 Å². The van der Waals surface area contributed by atoms with Crippen molar-refractivity contribution in [1.29, 1.82) is 0 Å². The van der Waals surface area contributed by atoms with E-state index in [1.165, 1.54) is 6.07 Å². The third-order valence-corrected chi connectivity index (χ3v) is 3.04. The molecular formula is C14H12ClNO4. The summed E-state index contributed by atoms with van der Waals surface area (Å²) in [6, 6.07) is 8.00. The van der Waals surface area contributed by atoms with Crippen LogP contribution in [0.3, 0.4) is 0 Å². The zero-order chi connectivity index (χ0) is 14.7. The Morgan fingerprint density at radius 3 is 2.50 bits per heavy atom. The summed E-state index contributed by atoms with van der Waals surface area (Å²) in [7, 11) is 0. The van der Waals surface area contributed by atoms with E-state index in [0.717, 1.165) is 11.8 Å². The highest BCUT2D eigenvalue weighted by Crippen LogP contribution is 2.17. The van der Waals surface area contributed by atoms with Gasteiger partial charge in [-0.2, -0.15) is 0 Å². The van der Waals surface area contributed by atoms with Crippen LogP contribution in [-0.2, 0) is 0 Å². The molecule has 104 valence electrons. The number of aromatic carboxylic acids is 1. The molecule has 1 aromatic heterocycles. The van der Waals surface area contributed by atoms with Crippen LogP contribution in [-0.4, -0.2) is 17.0 Å². The van der Waals surface area contributed by atoms with Gasteiger partial charge in [0.05, 0.1) is 11.6 Å². The Bertz CT molecular complexity index is 633. The number of amides is 1. The van der Waals surface area contributed by atoms with Crippen LogP contribution in [0.15, 0.2) is 41.0 Å². The van der Waals surface area contributed by atoms with Crippen molar-refractivity contribution in [3.8, 4) is 0 Å². The van der Waals surface area contributed by atoms with Crippen LogP contribution >= 0.6 is 11.6 Å². The molecule has 0 aliphatic rings. The van der Waals surface area contributed by atoms with E-state index >= 15 is 0 Å². The van der Waals surface area contributed by atoms with Gasteiger partial charge in [-0.1, -0.05) is 23.7 Å². The summed E-state index contributed by atoms with van der Waals surface area (Å²) in [6.45, 7) is 1.81. The number of carbonyl (C=O) groups excluding carboxylic acids is 1. The highest BCUT2D eigenvalue weighted by Gasteiger charge is 2.17. The molecule has 5 nitrogen and oxygen atoms in total. The summed E-state index contributed by atoms with van der Waals surface area (Å²) < 4.78 is 4.93. The van der Waals surface area contributed by atoms with Crippen LogP contribution in [0.25, 0.3) is 0 Å². The predicted octanol–water partition coefficient (Wildman–Crippen LogP) is 3.12. The van der Waals surface area contributed by atoms with Gasteiger partial charge in [0.1, 0.15) is 6.26 Å². The second kappa shape index (κ2) is 5.79. The van der Waals surface area contributed by atoms with Gasteiger partial charge in [0.15, 0.2) is 5.76 Å². The van der Waals surface area contributed by atoms with E-state index in [0.29, 0.717) is 5.02 Å². The topological polar surface area (TPSA) is 79.5 Å². The molecule has 1 aromatic carbocycles. The van der Waals surface area contributed by atoms with Gasteiger partial charge in [0, 0.05) is 11.1 Å². The summed E-state index contributed by atoms with van der Waals surface area (Å²) in [6.07, 6.45) is 1.03. The van der Waals surface area contributed by atoms with E-state index in [-0.39, 0.29) is 17.4 Å². The molecule has 1 amide bonds. The minimum Gasteiger partial charge on any atom is -0.478 e. The molecule has 6 heteroatoms. The summed E-state index contributed by atoms with van der Waals surface area (Å²) in [5, 5.41) is 12.1. The number of carboxylic acid groups (broad SMARTS) is 1. The first-order chi connectivity index (χ1) is 9.47. The number of carboxylic acids is 1. The lowest BCUT2D eigenvalue weighted by Gasteiger charge is -2.13. The van der Waals surface area contributed by atoms with Gasteiger partial charge in [-0.25, -0.2) is 4.79 Å². The number of nitrogens with one attached hydrogen (secondary N) is 1. The van der Waals surface area contributed by atoms with Gasteiger partial charge in [0.25, 0.3) is 5.91 Å². The van der Waals surface area contributed by atoms with Crippen molar-refractivity contribution in [2.75, 3.05) is 0 Å². The molecule has 2 N–H and O–H groups in total. The smallest absolute Gasteiger partial charge is 0.338 e. The maximum absolute atomic E-state index is 11.9. The van der Waals surface area contributed by atoms with Crippen molar-refractivity contribution < 1.29 is 19.1 Å². The average Bonchev–Trinajstić information content (AvgIpc) is 2.89. The van der Waals surface area contributed by atoms with Gasteiger partial charge in [-0.15, -0.1) is 0 Å².